The fourth-order valence-electron chi connectivity index (χ4n) is 3.01. The van der Waals surface area contributed by atoms with E-state index in [-0.39, 0.29) is 11.8 Å². The first-order valence-electron chi connectivity index (χ1n) is 5.39. The Morgan fingerprint density at radius 2 is 1.88 bits per heavy atom. The molecular formula is C10H14O5S. The fourth-order valence-corrected chi connectivity index (χ4v) is 3.48. The molecule has 0 aromatic rings. The van der Waals surface area contributed by atoms with Crippen molar-refractivity contribution in [2.24, 2.45) is 17.8 Å². The van der Waals surface area contributed by atoms with Crippen LogP contribution >= 0.6 is 0 Å². The Balaban J connectivity index is 2.01. The lowest BCUT2D eigenvalue weighted by Gasteiger charge is -2.18. The molecule has 16 heavy (non-hydrogen) atoms. The molecule has 3 atom stereocenters. The van der Waals surface area contributed by atoms with Crippen molar-refractivity contribution >= 4 is 21.7 Å². The second-order valence-electron chi connectivity index (χ2n) is 4.80. The normalized spacial score (nSPS) is 32.9. The molecule has 90 valence electrons. The van der Waals surface area contributed by atoms with Crippen molar-refractivity contribution in [2.75, 3.05) is 5.75 Å². The van der Waals surface area contributed by atoms with Gasteiger partial charge < -0.3 is 0 Å². The van der Waals surface area contributed by atoms with E-state index in [0.717, 1.165) is 19.3 Å². The van der Waals surface area contributed by atoms with Crippen LogP contribution in [0.2, 0.25) is 0 Å². The smallest absolute Gasteiger partial charge is 0.272 e. The number of hydrogen-bond acceptors (Lipinski definition) is 4. The van der Waals surface area contributed by atoms with Gasteiger partial charge >= 0.3 is 0 Å². The van der Waals surface area contributed by atoms with Crippen molar-refractivity contribution in [1.29, 1.82) is 0 Å². The SMILES string of the molecule is O=C(CS(=O)(=O)O)C(=O)C1CC2CCC1C2. The van der Waals surface area contributed by atoms with Gasteiger partial charge in [0.15, 0.2) is 0 Å². The summed E-state index contributed by atoms with van der Waals surface area (Å²) in [6.07, 6.45) is 3.76. The van der Waals surface area contributed by atoms with Crippen molar-refractivity contribution in [3.63, 3.8) is 0 Å². The fraction of sp³-hybridized carbons (Fsp3) is 0.800. The molecule has 0 aromatic carbocycles. The highest BCUT2D eigenvalue weighted by Gasteiger charge is 2.44. The number of carbonyl (C=O) groups excluding carboxylic acids is 2. The Bertz CT molecular complexity index is 424. The summed E-state index contributed by atoms with van der Waals surface area (Å²) in [5.74, 6) is -2.17. The van der Waals surface area contributed by atoms with Crippen molar-refractivity contribution in [1.82, 2.24) is 0 Å². The quantitative estimate of drug-likeness (QED) is 0.574. The molecule has 2 aliphatic carbocycles. The molecule has 3 unspecified atom stereocenters. The van der Waals surface area contributed by atoms with Crippen LogP contribution in [0.4, 0.5) is 0 Å². The summed E-state index contributed by atoms with van der Waals surface area (Å²) in [7, 11) is -4.38. The molecule has 5 nitrogen and oxygen atoms in total. The van der Waals surface area contributed by atoms with Gasteiger partial charge in [0, 0.05) is 5.92 Å². The molecule has 0 aromatic heterocycles. The van der Waals surface area contributed by atoms with E-state index in [4.69, 9.17) is 4.55 Å². The van der Waals surface area contributed by atoms with Gasteiger partial charge in [-0.3, -0.25) is 14.1 Å². The molecular weight excluding hydrogens is 232 g/mol. The van der Waals surface area contributed by atoms with Crippen molar-refractivity contribution in [2.45, 2.75) is 25.7 Å². The van der Waals surface area contributed by atoms with Crippen LogP contribution in [-0.4, -0.2) is 30.3 Å². The molecule has 0 spiro atoms. The standard InChI is InChI=1S/C10H14O5S/c11-9(5-16(13,14)15)10(12)8-4-6-1-2-7(8)3-6/h6-8H,1-5H2,(H,13,14,15). The van der Waals surface area contributed by atoms with Gasteiger partial charge in [-0.2, -0.15) is 8.42 Å². The van der Waals surface area contributed by atoms with E-state index in [2.05, 4.69) is 0 Å². The molecule has 0 saturated heterocycles. The van der Waals surface area contributed by atoms with Gasteiger partial charge in [0.05, 0.1) is 0 Å². The molecule has 2 aliphatic rings. The van der Waals surface area contributed by atoms with Gasteiger partial charge in [0.2, 0.25) is 11.6 Å². The number of fused-ring (bicyclic) bond motifs is 2. The third-order valence-electron chi connectivity index (χ3n) is 3.66. The van der Waals surface area contributed by atoms with Crippen LogP contribution in [-0.2, 0) is 19.7 Å². The van der Waals surface area contributed by atoms with Gasteiger partial charge in [-0.15, -0.1) is 0 Å². The van der Waals surface area contributed by atoms with Crippen molar-refractivity contribution < 1.29 is 22.6 Å². The maximum atomic E-state index is 11.7. The number of hydrogen-bond donors (Lipinski definition) is 1. The van der Waals surface area contributed by atoms with Gasteiger partial charge in [0.1, 0.15) is 5.75 Å². The summed E-state index contributed by atoms with van der Waals surface area (Å²) in [6.45, 7) is 0. The van der Waals surface area contributed by atoms with Crippen LogP contribution in [0.25, 0.3) is 0 Å². The average Bonchev–Trinajstić information content (AvgIpc) is 2.74. The molecule has 2 bridgehead atoms. The van der Waals surface area contributed by atoms with Crippen LogP contribution < -0.4 is 0 Å². The minimum atomic E-state index is -4.38. The van der Waals surface area contributed by atoms with Gasteiger partial charge in [0.25, 0.3) is 10.1 Å². The third-order valence-corrected chi connectivity index (χ3v) is 4.29. The summed E-state index contributed by atoms with van der Waals surface area (Å²) >= 11 is 0. The molecule has 0 radical (unpaired) electrons. The van der Waals surface area contributed by atoms with Crippen molar-refractivity contribution in [3.8, 4) is 0 Å². The first-order chi connectivity index (χ1) is 7.37. The minimum absolute atomic E-state index is 0.253. The molecule has 0 aliphatic heterocycles. The monoisotopic (exact) mass is 246 g/mol. The molecule has 2 rings (SSSR count). The summed E-state index contributed by atoms with van der Waals surface area (Å²) in [4.78, 5) is 23.0. The average molecular weight is 246 g/mol. The topological polar surface area (TPSA) is 88.5 Å². The zero-order valence-electron chi connectivity index (χ0n) is 8.76. The van der Waals surface area contributed by atoms with E-state index in [1.54, 1.807) is 0 Å². The Morgan fingerprint density at radius 1 is 1.19 bits per heavy atom. The summed E-state index contributed by atoms with van der Waals surface area (Å²) in [5.41, 5.74) is 0. The summed E-state index contributed by atoms with van der Waals surface area (Å²) < 4.78 is 29.5. The molecule has 0 amide bonds. The maximum absolute atomic E-state index is 11.7. The van der Waals surface area contributed by atoms with Crippen LogP contribution in [0, 0.1) is 17.8 Å². The van der Waals surface area contributed by atoms with Crippen LogP contribution in [0.3, 0.4) is 0 Å². The van der Waals surface area contributed by atoms with E-state index < -0.39 is 27.4 Å². The van der Waals surface area contributed by atoms with Crippen LogP contribution in [0.1, 0.15) is 25.7 Å². The number of ketones is 2. The number of Topliss-reactive ketones (excluding diaryl/α,β-unsaturated/α-hetero) is 2. The zero-order valence-corrected chi connectivity index (χ0v) is 9.57. The Kier molecular flexibility index (Phi) is 2.88. The molecule has 0 heterocycles. The lowest BCUT2D eigenvalue weighted by Crippen LogP contribution is -2.32. The van der Waals surface area contributed by atoms with Gasteiger partial charge in [-0.05, 0) is 31.1 Å². The van der Waals surface area contributed by atoms with E-state index in [1.807, 2.05) is 0 Å². The summed E-state index contributed by atoms with van der Waals surface area (Å²) in [5, 5.41) is 0. The molecule has 2 fully saturated rings. The zero-order chi connectivity index (χ0) is 11.9. The second-order valence-corrected chi connectivity index (χ2v) is 6.25. The maximum Gasteiger partial charge on any atom is 0.272 e. The Morgan fingerprint density at radius 3 is 2.31 bits per heavy atom. The van der Waals surface area contributed by atoms with Gasteiger partial charge in [-0.25, -0.2) is 0 Å². The predicted octanol–water partition coefficient (Wildman–Crippen LogP) is 0.449. The predicted molar refractivity (Wildman–Crippen MR) is 55.4 cm³/mol. The number of carbonyl (C=O) groups is 2. The molecule has 1 N–H and O–H groups in total. The highest BCUT2D eigenvalue weighted by atomic mass is 32.2. The Labute approximate surface area is 94.0 Å². The second kappa shape index (κ2) is 3.92. The lowest BCUT2D eigenvalue weighted by molar-refractivity contribution is -0.138. The largest absolute Gasteiger partial charge is 0.291 e. The number of rotatable bonds is 4. The third kappa shape index (κ3) is 2.32. The van der Waals surface area contributed by atoms with Crippen LogP contribution in [0.15, 0.2) is 0 Å². The molecule has 2 saturated carbocycles. The Hall–Kier alpha value is -0.750. The van der Waals surface area contributed by atoms with E-state index >= 15 is 0 Å². The lowest BCUT2D eigenvalue weighted by atomic mass is 9.84. The van der Waals surface area contributed by atoms with Crippen LogP contribution in [0.5, 0.6) is 0 Å². The van der Waals surface area contributed by atoms with Gasteiger partial charge in [-0.1, -0.05) is 6.42 Å². The van der Waals surface area contributed by atoms with E-state index in [1.165, 1.54) is 0 Å². The highest BCUT2D eigenvalue weighted by Crippen LogP contribution is 2.48. The highest BCUT2D eigenvalue weighted by molar-refractivity contribution is 7.86. The minimum Gasteiger partial charge on any atom is -0.291 e. The van der Waals surface area contributed by atoms with Crippen molar-refractivity contribution in [3.05, 3.63) is 0 Å². The van der Waals surface area contributed by atoms with E-state index in [0.29, 0.717) is 12.3 Å². The first-order valence-corrected chi connectivity index (χ1v) is 7.00. The molecule has 6 heteroatoms. The van der Waals surface area contributed by atoms with E-state index in [9.17, 15) is 18.0 Å². The first kappa shape index (κ1) is 11.7. The summed E-state index contributed by atoms with van der Waals surface area (Å²) in [6, 6.07) is 0.